The molecule has 0 bridgehead atoms. The molecule has 3 aromatic rings. The van der Waals surface area contributed by atoms with E-state index in [2.05, 4.69) is 6.58 Å². The lowest BCUT2D eigenvalue weighted by Crippen LogP contribution is -2.43. The summed E-state index contributed by atoms with van der Waals surface area (Å²) in [6.45, 7) is 6.82. The van der Waals surface area contributed by atoms with Crippen LogP contribution in [0.25, 0.3) is 0 Å². The first-order valence-electron chi connectivity index (χ1n) is 11.6. The molecule has 0 aliphatic carbocycles. The van der Waals surface area contributed by atoms with E-state index in [1.165, 1.54) is 11.0 Å². The summed E-state index contributed by atoms with van der Waals surface area (Å²) in [6.07, 6.45) is 2.21. The van der Waals surface area contributed by atoms with Crippen molar-refractivity contribution < 1.29 is 19.1 Å². The topological polar surface area (TPSA) is 59.1 Å². The van der Waals surface area contributed by atoms with Crippen LogP contribution in [-0.2, 0) is 17.8 Å². The van der Waals surface area contributed by atoms with Crippen LogP contribution in [-0.4, -0.2) is 55.5 Å². The van der Waals surface area contributed by atoms with Crippen molar-refractivity contribution in [3.05, 3.63) is 92.1 Å². The molecule has 2 aromatic carbocycles. The van der Waals surface area contributed by atoms with Gasteiger partial charge in [0.2, 0.25) is 5.91 Å². The average Bonchev–Trinajstić information content (AvgIpc) is 3.31. The lowest BCUT2D eigenvalue weighted by atomic mass is 10.1. The standard InChI is InChI=1S/C28H30Cl2N2O4S/c1-5-12-32(28(34)21-7-8-22(29)23(30)16-21)18-27(33)31(17-26-19(2)11-14-37-26)13-10-20-6-9-24(35-3)25(15-20)36-4/h5-9,11,14-16H,1,10,12-13,17-18H2,2-4H3. The SMILES string of the molecule is C=CCN(CC(=O)N(CCc1ccc(OC)c(OC)c1)Cc1sccc1C)C(=O)c1ccc(Cl)c(Cl)c1. The van der Waals surface area contributed by atoms with E-state index in [1.54, 1.807) is 48.7 Å². The second-order valence-corrected chi connectivity index (χ2v) is 10.2. The van der Waals surface area contributed by atoms with Gasteiger partial charge in [-0.05, 0) is 66.2 Å². The maximum atomic E-state index is 13.6. The molecule has 0 atom stereocenters. The predicted octanol–water partition coefficient (Wildman–Crippen LogP) is 6.28. The van der Waals surface area contributed by atoms with Crippen molar-refractivity contribution in [3.8, 4) is 11.5 Å². The van der Waals surface area contributed by atoms with Gasteiger partial charge in [-0.25, -0.2) is 0 Å². The van der Waals surface area contributed by atoms with Crippen LogP contribution in [0.5, 0.6) is 11.5 Å². The first kappa shape index (κ1) is 28.6. The van der Waals surface area contributed by atoms with Crippen LogP contribution in [0.2, 0.25) is 10.0 Å². The third-order valence-corrected chi connectivity index (χ3v) is 7.65. The van der Waals surface area contributed by atoms with E-state index in [0.29, 0.717) is 41.6 Å². The molecule has 0 radical (unpaired) electrons. The molecule has 0 N–H and O–H groups in total. The van der Waals surface area contributed by atoms with Crippen molar-refractivity contribution >= 4 is 46.4 Å². The smallest absolute Gasteiger partial charge is 0.254 e. The van der Waals surface area contributed by atoms with Gasteiger partial charge in [-0.1, -0.05) is 35.3 Å². The molecule has 196 valence electrons. The number of methoxy groups -OCH3 is 2. The van der Waals surface area contributed by atoms with Crippen molar-refractivity contribution in [1.82, 2.24) is 9.80 Å². The number of nitrogens with zero attached hydrogens (tertiary/aromatic N) is 2. The van der Waals surface area contributed by atoms with Gasteiger partial charge in [-0.3, -0.25) is 9.59 Å². The van der Waals surface area contributed by atoms with Gasteiger partial charge in [-0.2, -0.15) is 0 Å². The minimum atomic E-state index is -0.320. The molecule has 9 heteroatoms. The third kappa shape index (κ3) is 7.51. The van der Waals surface area contributed by atoms with E-state index in [-0.39, 0.29) is 29.9 Å². The Hall–Kier alpha value is -3.00. The Morgan fingerprint density at radius 1 is 1.00 bits per heavy atom. The maximum Gasteiger partial charge on any atom is 0.254 e. The fourth-order valence-electron chi connectivity index (χ4n) is 3.78. The number of rotatable bonds is 12. The fourth-order valence-corrected chi connectivity index (χ4v) is 5.00. The molecule has 6 nitrogen and oxygen atoms in total. The van der Waals surface area contributed by atoms with E-state index in [4.69, 9.17) is 32.7 Å². The van der Waals surface area contributed by atoms with Gasteiger partial charge in [0.05, 0.1) is 30.8 Å². The van der Waals surface area contributed by atoms with Gasteiger partial charge < -0.3 is 19.3 Å². The molecule has 0 aliphatic rings. The second-order valence-electron chi connectivity index (χ2n) is 8.38. The van der Waals surface area contributed by atoms with Crippen LogP contribution in [0.1, 0.15) is 26.4 Å². The van der Waals surface area contributed by atoms with E-state index in [9.17, 15) is 9.59 Å². The van der Waals surface area contributed by atoms with Gasteiger partial charge >= 0.3 is 0 Å². The summed E-state index contributed by atoms with van der Waals surface area (Å²) in [5, 5.41) is 2.65. The van der Waals surface area contributed by atoms with E-state index >= 15 is 0 Å². The Balaban J connectivity index is 1.80. The summed E-state index contributed by atoms with van der Waals surface area (Å²) in [7, 11) is 3.19. The lowest BCUT2D eigenvalue weighted by molar-refractivity contribution is -0.132. The molecule has 1 heterocycles. The summed E-state index contributed by atoms with van der Waals surface area (Å²) >= 11 is 13.7. The van der Waals surface area contributed by atoms with Gasteiger partial charge in [0.15, 0.2) is 11.5 Å². The van der Waals surface area contributed by atoms with Gasteiger partial charge in [0.1, 0.15) is 6.54 Å². The highest BCUT2D eigenvalue weighted by molar-refractivity contribution is 7.10. The largest absolute Gasteiger partial charge is 0.493 e. The lowest BCUT2D eigenvalue weighted by Gasteiger charge is -2.27. The summed E-state index contributed by atoms with van der Waals surface area (Å²) < 4.78 is 10.7. The van der Waals surface area contributed by atoms with Crippen LogP contribution < -0.4 is 9.47 Å². The number of aryl methyl sites for hydroxylation is 1. The Kier molecular flexibility index (Phi) is 10.4. The van der Waals surface area contributed by atoms with Crippen molar-refractivity contribution in [2.45, 2.75) is 19.9 Å². The first-order valence-corrected chi connectivity index (χ1v) is 13.3. The molecule has 0 aliphatic heterocycles. The summed E-state index contributed by atoms with van der Waals surface area (Å²) in [5.74, 6) is 0.799. The van der Waals surface area contributed by atoms with Crippen LogP contribution in [0.3, 0.4) is 0 Å². The first-order chi connectivity index (χ1) is 17.8. The number of carbonyl (C=O) groups excluding carboxylic acids is 2. The number of halogens is 2. The third-order valence-electron chi connectivity index (χ3n) is 5.90. The Morgan fingerprint density at radius 3 is 2.38 bits per heavy atom. The van der Waals surface area contributed by atoms with Crippen molar-refractivity contribution in [2.75, 3.05) is 33.9 Å². The normalized spacial score (nSPS) is 10.6. The van der Waals surface area contributed by atoms with Crippen molar-refractivity contribution in [2.24, 2.45) is 0 Å². The van der Waals surface area contributed by atoms with Crippen molar-refractivity contribution in [3.63, 3.8) is 0 Å². The molecule has 0 fully saturated rings. The summed E-state index contributed by atoms with van der Waals surface area (Å²) in [4.78, 5) is 31.1. The Bertz CT molecular complexity index is 1260. The number of amides is 2. The van der Waals surface area contributed by atoms with Crippen molar-refractivity contribution in [1.29, 1.82) is 0 Å². The Labute approximate surface area is 232 Å². The number of hydrogen-bond donors (Lipinski definition) is 0. The predicted molar refractivity (Wildman–Crippen MR) is 150 cm³/mol. The Morgan fingerprint density at radius 2 is 1.76 bits per heavy atom. The zero-order chi connectivity index (χ0) is 26.9. The average molecular weight is 562 g/mol. The van der Waals surface area contributed by atoms with Crippen LogP contribution in [0.4, 0.5) is 0 Å². The molecule has 0 unspecified atom stereocenters. The summed E-state index contributed by atoms with van der Waals surface area (Å²) in [5.41, 5.74) is 2.49. The molecule has 0 saturated heterocycles. The van der Waals surface area contributed by atoms with E-state index in [1.807, 2.05) is 36.6 Å². The molecule has 3 rings (SSSR count). The van der Waals surface area contributed by atoms with Gasteiger partial charge in [0.25, 0.3) is 5.91 Å². The molecule has 0 spiro atoms. The minimum absolute atomic E-state index is 0.0958. The highest BCUT2D eigenvalue weighted by atomic mass is 35.5. The molecule has 1 aromatic heterocycles. The highest BCUT2D eigenvalue weighted by Gasteiger charge is 2.23. The van der Waals surface area contributed by atoms with E-state index < -0.39 is 0 Å². The van der Waals surface area contributed by atoms with Gasteiger partial charge in [-0.15, -0.1) is 17.9 Å². The molecule has 2 amide bonds. The summed E-state index contributed by atoms with van der Waals surface area (Å²) in [6, 6.07) is 12.4. The fraction of sp³-hybridized carbons (Fsp3) is 0.286. The van der Waals surface area contributed by atoms with E-state index in [0.717, 1.165) is 16.0 Å². The second kappa shape index (κ2) is 13.5. The van der Waals surface area contributed by atoms with Gasteiger partial charge in [0, 0.05) is 23.5 Å². The molecule has 37 heavy (non-hydrogen) atoms. The number of ether oxygens (including phenoxy) is 2. The zero-order valence-corrected chi connectivity index (χ0v) is 23.5. The maximum absolute atomic E-state index is 13.6. The van der Waals surface area contributed by atoms with Crippen LogP contribution in [0, 0.1) is 6.92 Å². The number of hydrogen-bond acceptors (Lipinski definition) is 5. The highest BCUT2D eigenvalue weighted by Crippen LogP contribution is 2.28. The molecule has 0 saturated carbocycles. The number of benzene rings is 2. The van der Waals surface area contributed by atoms with Crippen LogP contribution >= 0.6 is 34.5 Å². The minimum Gasteiger partial charge on any atom is -0.493 e. The number of carbonyl (C=O) groups is 2. The molecular weight excluding hydrogens is 531 g/mol. The van der Waals surface area contributed by atoms with Crippen LogP contribution in [0.15, 0.2) is 60.5 Å². The zero-order valence-electron chi connectivity index (χ0n) is 21.1. The quantitative estimate of drug-likeness (QED) is 0.244. The molecular formula is C28H30Cl2N2O4S. The monoisotopic (exact) mass is 560 g/mol. The number of thiophene rings is 1.